The molecule has 1 unspecified atom stereocenters. The van der Waals surface area contributed by atoms with Gasteiger partial charge in [-0.1, -0.05) is 0 Å². The molecule has 1 aromatic heterocycles. The van der Waals surface area contributed by atoms with Gasteiger partial charge in [-0.2, -0.15) is 0 Å². The minimum atomic E-state index is 0.326. The van der Waals surface area contributed by atoms with Crippen molar-refractivity contribution in [2.45, 2.75) is 19.9 Å². The van der Waals surface area contributed by atoms with Gasteiger partial charge in [-0.3, -0.25) is 4.90 Å². The van der Waals surface area contributed by atoms with Crippen molar-refractivity contribution in [3.8, 4) is 0 Å². The highest BCUT2D eigenvalue weighted by Crippen LogP contribution is 2.16. The molecule has 2 rings (SSSR count). The molecular formula is C11H18N4. The van der Waals surface area contributed by atoms with Crippen LogP contribution >= 0.6 is 0 Å². The van der Waals surface area contributed by atoms with Crippen molar-refractivity contribution in [2.75, 3.05) is 26.2 Å². The molecule has 0 bridgehead atoms. The average molecular weight is 206 g/mol. The standard InChI is InChI=1S/C11H18N4/c1-9-3-4-13-11(14-9)10(2)15-7-5-12-6-8-15/h3-4,10,12H,5-8H2,1-2H3. The van der Waals surface area contributed by atoms with Crippen molar-refractivity contribution < 1.29 is 0 Å². The minimum Gasteiger partial charge on any atom is -0.314 e. The summed E-state index contributed by atoms with van der Waals surface area (Å²) in [5.41, 5.74) is 1.04. The lowest BCUT2D eigenvalue weighted by molar-refractivity contribution is 0.179. The van der Waals surface area contributed by atoms with Gasteiger partial charge in [0.25, 0.3) is 0 Å². The Morgan fingerprint density at radius 2 is 2.13 bits per heavy atom. The van der Waals surface area contributed by atoms with Crippen LogP contribution in [0.4, 0.5) is 0 Å². The first-order chi connectivity index (χ1) is 7.27. The molecule has 1 fully saturated rings. The number of aryl methyl sites for hydroxylation is 1. The van der Waals surface area contributed by atoms with Crippen LogP contribution in [0.3, 0.4) is 0 Å². The molecule has 0 aromatic carbocycles. The van der Waals surface area contributed by atoms with Gasteiger partial charge in [-0.05, 0) is 19.9 Å². The van der Waals surface area contributed by atoms with Gasteiger partial charge in [0.1, 0.15) is 5.82 Å². The van der Waals surface area contributed by atoms with E-state index >= 15 is 0 Å². The van der Waals surface area contributed by atoms with Gasteiger partial charge >= 0.3 is 0 Å². The second-order valence-corrected chi connectivity index (χ2v) is 4.02. The zero-order chi connectivity index (χ0) is 10.7. The lowest BCUT2D eigenvalue weighted by atomic mass is 10.2. The fraction of sp³-hybridized carbons (Fsp3) is 0.636. The molecule has 1 N–H and O–H groups in total. The van der Waals surface area contributed by atoms with E-state index in [2.05, 4.69) is 27.1 Å². The SMILES string of the molecule is Cc1ccnc(C(C)N2CCNCC2)n1. The van der Waals surface area contributed by atoms with E-state index in [0.29, 0.717) is 6.04 Å². The predicted octanol–water partition coefficient (Wildman–Crippen LogP) is 0.751. The topological polar surface area (TPSA) is 41.1 Å². The summed E-state index contributed by atoms with van der Waals surface area (Å²) in [7, 11) is 0. The maximum absolute atomic E-state index is 4.48. The Labute approximate surface area is 90.7 Å². The normalized spacial score (nSPS) is 20.1. The van der Waals surface area contributed by atoms with Crippen LogP contribution in [0.1, 0.15) is 24.5 Å². The molecule has 0 radical (unpaired) electrons. The molecule has 15 heavy (non-hydrogen) atoms. The van der Waals surface area contributed by atoms with Crippen LogP contribution in [-0.2, 0) is 0 Å². The van der Waals surface area contributed by atoms with Crippen molar-refractivity contribution in [3.63, 3.8) is 0 Å². The summed E-state index contributed by atoms with van der Waals surface area (Å²) in [5, 5.41) is 3.35. The summed E-state index contributed by atoms with van der Waals surface area (Å²) < 4.78 is 0. The molecule has 0 saturated carbocycles. The van der Waals surface area contributed by atoms with Crippen molar-refractivity contribution >= 4 is 0 Å². The van der Waals surface area contributed by atoms with E-state index in [0.717, 1.165) is 37.7 Å². The number of hydrogen-bond donors (Lipinski definition) is 1. The van der Waals surface area contributed by atoms with Crippen LogP contribution in [0, 0.1) is 6.92 Å². The number of rotatable bonds is 2. The number of nitrogens with zero attached hydrogens (tertiary/aromatic N) is 3. The maximum atomic E-state index is 4.48. The first-order valence-corrected chi connectivity index (χ1v) is 5.51. The molecule has 1 saturated heterocycles. The molecule has 1 aromatic rings. The van der Waals surface area contributed by atoms with Crippen LogP contribution in [0.2, 0.25) is 0 Å². The summed E-state index contributed by atoms with van der Waals surface area (Å²) >= 11 is 0. The third-order valence-electron chi connectivity index (χ3n) is 2.89. The van der Waals surface area contributed by atoms with Gasteiger partial charge in [-0.25, -0.2) is 9.97 Å². The van der Waals surface area contributed by atoms with E-state index in [9.17, 15) is 0 Å². The first kappa shape index (κ1) is 10.5. The molecule has 82 valence electrons. The number of hydrogen-bond acceptors (Lipinski definition) is 4. The Balaban J connectivity index is 2.08. The Kier molecular flexibility index (Phi) is 3.28. The average Bonchev–Trinajstić information content (AvgIpc) is 2.29. The molecule has 1 aliphatic heterocycles. The molecule has 2 heterocycles. The Hall–Kier alpha value is -1.00. The molecule has 4 heteroatoms. The van der Waals surface area contributed by atoms with Gasteiger partial charge in [0.05, 0.1) is 6.04 Å². The molecule has 1 aliphatic rings. The van der Waals surface area contributed by atoms with Gasteiger partial charge in [0.15, 0.2) is 0 Å². The van der Waals surface area contributed by atoms with Crippen molar-refractivity contribution in [1.29, 1.82) is 0 Å². The van der Waals surface area contributed by atoms with E-state index in [1.807, 2.05) is 19.2 Å². The second-order valence-electron chi connectivity index (χ2n) is 4.02. The van der Waals surface area contributed by atoms with Crippen LogP contribution in [-0.4, -0.2) is 41.0 Å². The van der Waals surface area contributed by atoms with E-state index < -0.39 is 0 Å². The lowest BCUT2D eigenvalue weighted by Gasteiger charge is -2.31. The van der Waals surface area contributed by atoms with E-state index in [1.165, 1.54) is 0 Å². The lowest BCUT2D eigenvalue weighted by Crippen LogP contribution is -2.44. The van der Waals surface area contributed by atoms with Crippen LogP contribution in [0.5, 0.6) is 0 Å². The van der Waals surface area contributed by atoms with Crippen molar-refractivity contribution in [1.82, 2.24) is 20.2 Å². The largest absolute Gasteiger partial charge is 0.314 e. The van der Waals surface area contributed by atoms with E-state index in [-0.39, 0.29) is 0 Å². The molecule has 0 spiro atoms. The zero-order valence-corrected chi connectivity index (χ0v) is 9.40. The van der Waals surface area contributed by atoms with Crippen LogP contribution in [0.25, 0.3) is 0 Å². The monoisotopic (exact) mass is 206 g/mol. The molecule has 0 aliphatic carbocycles. The van der Waals surface area contributed by atoms with E-state index in [1.54, 1.807) is 0 Å². The fourth-order valence-corrected chi connectivity index (χ4v) is 1.90. The Bertz CT molecular complexity index is 320. The highest BCUT2D eigenvalue weighted by molar-refractivity contribution is 5.03. The van der Waals surface area contributed by atoms with Gasteiger partial charge in [0, 0.05) is 38.1 Å². The molecule has 0 amide bonds. The quantitative estimate of drug-likeness (QED) is 0.775. The molecule has 4 nitrogen and oxygen atoms in total. The van der Waals surface area contributed by atoms with Crippen molar-refractivity contribution in [2.24, 2.45) is 0 Å². The van der Waals surface area contributed by atoms with Crippen molar-refractivity contribution in [3.05, 3.63) is 23.8 Å². The summed E-state index contributed by atoms with van der Waals surface area (Å²) in [6.45, 7) is 8.49. The number of nitrogens with one attached hydrogen (secondary N) is 1. The van der Waals surface area contributed by atoms with Crippen LogP contribution < -0.4 is 5.32 Å². The third-order valence-corrected chi connectivity index (χ3v) is 2.89. The van der Waals surface area contributed by atoms with Gasteiger partial charge < -0.3 is 5.32 Å². The third kappa shape index (κ3) is 2.52. The Morgan fingerprint density at radius 3 is 2.80 bits per heavy atom. The number of piperazine rings is 1. The smallest absolute Gasteiger partial charge is 0.145 e. The summed E-state index contributed by atoms with van der Waals surface area (Å²) in [6, 6.07) is 2.26. The van der Waals surface area contributed by atoms with Gasteiger partial charge in [-0.15, -0.1) is 0 Å². The van der Waals surface area contributed by atoms with Crippen LogP contribution in [0.15, 0.2) is 12.3 Å². The number of aromatic nitrogens is 2. The highest BCUT2D eigenvalue weighted by atomic mass is 15.2. The summed E-state index contributed by atoms with van der Waals surface area (Å²) in [5.74, 6) is 0.942. The predicted molar refractivity (Wildman–Crippen MR) is 59.6 cm³/mol. The maximum Gasteiger partial charge on any atom is 0.145 e. The summed E-state index contributed by atoms with van der Waals surface area (Å²) in [4.78, 5) is 11.2. The van der Waals surface area contributed by atoms with Gasteiger partial charge in [0.2, 0.25) is 0 Å². The second kappa shape index (κ2) is 4.68. The molecule has 1 atom stereocenters. The zero-order valence-electron chi connectivity index (χ0n) is 9.40. The minimum absolute atomic E-state index is 0.326. The first-order valence-electron chi connectivity index (χ1n) is 5.51. The summed E-state index contributed by atoms with van der Waals surface area (Å²) in [6.07, 6.45) is 1.84. The molecular weight excluding hydrogens is 188 g/mol. The highest BCUT2D eigenvalue weighted by Gasteiger charge is 2.19. The Morgan fingerprint density at radius 1 is 1.40 bits per heavy atom. The fourth-order valence-electron chi connectivity index (χ4n) is 1.90. The van der Waals surface area contributed by atoms with E-state index in [4.69, 9.17) is 0 Å².